The average molecular weight is 407 g/mol. The molecule has 2 heterocycles. The molecule has 0 atom stereocenters. The van der Waals surface area contributed by atoms with Crippen molar-refractivity contribution in [2.24, 2.45) is 0 Å². The predicted molar refractivity (Wildman–Crippen MR) is 110 cm³/mol. The minimum absolute atomic E-state index is 0.0793. The smallest absolute Gasteiger partial charge is 0.278 e. The number of hydrogen-bond acceptors (Lipinski definition) is 6. The van der Waals surface area contributed by atoms with Crippen LogP contribution in [0.1, 0.15) is 27.3 Å². The van der Waals surface area contributed by atoms with Crippen molar-refractivity contribution in [3.05, 3.63) is 58.9 Å². The molecule has 154 valence electrons. The molecule has 0 bridgehead atoms. The highest BCUT2D eigenvalue weighted by molar-refractivity contribution is 6.04. The van der Waals surface area contributed by atoms with E-state index in [1.165, 1.54) is 4.68 Å². The third-order valence-electron chi connectivity index (χ3n) is 4.78. The minimum atomic E-state index is -0.373. The van der Waals surface area contributed by atoms with Crippen molar-refractivity contribution in [2.45, 2.75) is 27.3 Å². The number of nitrogens with one attached hydrogen (secondary N) is 2. The fraction of sp³-hybridized carbons (Fsp3) is 0.238. The second-order valence-corrected chi connectivity index (χ2v) is 7.07. The van der Waals surface area contributed by atoms with Crippen LogP contribution in [0.3, 0.4) is 0 Å². The van der Waals surface area contributed by atoms with Gasteiger partial charge in [-0.1, -0.05) is 22.9 Å². The molecule has 4 rings (SSSR count). The van der Waals surface area contributed by atoms with Crippen LogP contribution < -0.4 is 20.1 Å². The van der Waals surface area contributed by atoms with Gasteiger partial charge in [-0.05, 0) is 44.5 Å². The lowest BCUT2D eigenvalue weighted by molar-refractivity contribution is -0.117. The van der Waals surface area contributed by atoms with E-state index in [2.05, 4.69) is 20.9 Å². The molecule has 1 aliphatic heterocycles. The van der Waals surface area contributed by atoms with E-state index in [-0.39, 0.29) is 30.8 Å². The van der Waals surface area contributed by atoms with Crippen molar-refractivity contribution in [3.8, 4) is 11.5 Å². The number of rotatable bonds is 5. The minimum Gasteiger partial charge on any atom is -0.454 e. The lowest BCUT2D eigenvalue weighted by Crippen LogP contribution is -2.21. The predicted octanol–water partition coefficient (Wildman–Crippen LogP) is 2.82. The lowest BCUT2D eigenvalue weighted by atomic mass is 10.1. The summed E-state index contributed by atoms with van der Waals surface area (Å²) in [6, 6.07) is 10.9. The number of benzene rings is 2. The molecule has 0 radical (unpaired) electrons. The van der Waals surface area contributed by atoms with Crippen LogP contribution in [0, 0.1) is 20.8 Å². The SMILES string of the molecule is Cc1ccc(NC(=O)c2nnn(CC(=O)Nc3ccc4c(c3)OCO4)c2C)c(C)c1. The van der Waals surface area contributed by atoms with Crippen LogP contribution in [0.2, 0.25) is 0 Å². The summed E-state index contributed by atoms with van der Waals surface area (Å²) >= 11 is 0. The summed E-state index contributed by atoms with van der Waals surface area (Å²) in [5.74, 6) is 0.541. The molecule has 3 aromatic rings. The normalized spacial score (nSPS) is 12.0. The van der Waals surface area contributed by atoms with E-state index in [9.17, 15) is 9.59 Å². The van der Waals surface area contributed by atoms with Crippen LogP contribution >= 0.6 is 0 Å². The Morgan fingerprint density at radius 3 is 2.63 bits per heavy atom. The van der Waals surface area contributed by atoms with Crippen molar-refractivity contribution in [1.29, 1.82) is 0 Å². The van der Waals surface area contributed by atoms with E-state index in [4.69, 9.17) is 9.47 Å². The molecule has 0 saturated carbocycles. The van der Waals surface area contributed by atoms with Gasteiger partial charge in [0, 0.05) is 17.4 Å². The number of fused-ring (bicyclic) bond motifs is 1. The van der Waals surface area contributed by atoms with Crippen molar-refractivity contribution in [1.82, 2.24) is 15.0 Å². The molecule has 9 nitrogen and oxygen atoms in total. The monoisotopic (exact) mass is 407 g/mol. The number of carbonyl (C=O) groups excluding carboxylic acids is 2. The average Bonchev–Trinajstić information content (AvgIpc) is 3.30. The van der Waals surface area contributed by atoms with Crippen LogP contribution in [0.15, 0.2) is 36.4 Å². The number of nitrogens with zero attached hydrogens (tertiary/aromatic N) is 3. The first-order chi connectivity index (χ1) is 14.4. The largest absolute Gasteiger partial charge is 0.454 e. The first-order valence-electron chi connectivity index (χ1n) is 9.39. The zero-order valence-electron chi connectivity index (χ0n) is 16.9. The highest BCUT2D eigenvalue weighted by Crippen LogP contribution is 2.34. The van der Waals surface area contributed by atoms with E-state index >= 15 is 0 Å². The maximum absolute atomic E-state index is 12.6. The van der Waals surface area contributed by atoms with Gasteiger partial charge in [0.25, 0.3) is 5.91 Å². The Hall–Kier alpha value is -3.88. The summed E-state index contributed by atoms with van der Waals surface area (Å²) < 4.78 is 11.9. The lowest BCUT2D eigenvalue weighted by Gasteiger charge is -2.09. The molecule has 0 aliphatic carbocycles. The topological polar surface area (TPSA) is 107 Å². The molecule has 2 amide bonds. The summed E-state index contributed by atoms with van der Waals surface area (Å²) in [5.41, 5.74) is 4.02. The van der Waals surface area contributed by atoms with E-state index in [1.54, 1.807) is 25.1 Å². The van der Waals surface area contributed by atoms with Crippen molar-refractivity contribution in [3.63, 3.8) is 0 Å². The number of carbonyl (C=O) groups is 2. The summed E-state index contributed by atoms with van der Waals surface area (Å²) in [7, 11) is 0. The molecular formula is C21H21N5O4. The fourth-order valence-electron chi connectivity index (χ4n) is 3.17. The Bertz CT molecular complexity index is 1140. The molecule has 9 heteroatoms. The van der Waals surface area contributed by atoms with Gasteiger partial charge in [-0.15, -0.1) is 5.10 Å². The van der Waals surface area contributed by atoms with Crippen molar-refractivity contribution >= 4 is 23.2 Å². The Labute approximate surface area is 173 Å². The summed E-state index contributed by atoms with van der Waals surface area (Å²) in [6.07, 6.45) is 0. The van der Waals surface area contributed by atoms with Gasteiger partial charge in [-0.25, -0.2) is 4.68 Å². The summed E-state index contributed by atoms with van der Waals surface area (Å²) in [5, 5.41) is 13.5. The van der Waals surface area contributed by atoms with Crippen LogP contribution in [0.4, 0.5) is 11.4 Å². The number of ether oxygens (including phenoxy) is 2. The molecule has 0 fully saturated rings. The molecule has 0 spiro atoms. The van der Waals surface area contributed by atoms with Gasteiger partial charge in [0.05, 0.1) is 5.69 Å². The van der Waals surface area contributed by atoms with Crippen LogP contribution in [0.25, 0.3) is 0 Å². The first-order valence-corrected chi connectivity index (χ1v) is 9.39. The van der Waals surface area contributed by atoms with E-state index in [0.29, 0.717) is 28.6 Å². The molecule has 1 aromatic heterocycles. The van der Waals surface area contributed by atoms with Gasteiger partial charge in [0.15, 0.2) is 17.2 Å². The van der Waals surface area contributed by atoms with Gasteiger partial charge in [-0.2, -0.15) is 0 Å². The number of amides is 2. The second kappa shape index (κ2) is 7.86. The molecule has 2 aromatic carbocycles. The number of aromatic nitrogens is 3. The molecule has 2 N–H and O–H groups in total. The van der Waals surface area contributed by atoms with Gasteiger partial charge in [0.2, 0.25) is 12.7 Å². The first kappa shape index (κ1) is 19.4. The van der Waals surface area contributed by atoms with Gasteiger partial charge in [0.1, 0.15) is 6.54 Å². The molecule has 0 saturated heterocycles. The number of aryl methyl sites for hydroxylation is 2. The molecule has 30 heavy (non-hydrogen) atoms. The summed E-state index contributed by atoms with van der Waals surface area (Å²) in [4.78, 5) is 25.0. The Morgan fingerprint density at radius 1 is 1.03 bits per heavy atom. The highest BCUT2D eigenvalue weighted by atomic mass is 16.7. The third-order valence-corrected chi connectivity index (χ3v) is 4.78. The van der Waals surface area contributed by atoms with E-state index < -0.39 is 0 Å². The fourth-order valence-corrected chi connectivity index (χ4v) is 3.17. The van der Waals surface area contributed by atoms with E-state index in [0.717, 1.165) is 11.1 Å². The zero-order chi connectivity index (χ0) is 21.3. The van der Waals surface area contributed by atoms with Crippen molar-refractivity contribution < 1.29 is 19.1 Å². The molecular weight excluding hydrogens is 386 g/mol. The Morgan fingerprint density at radius 2 is 1.83 bits per heavy atom. The van der Waals surface area contributed by atoms with Gasteiger partial charge in [-0.3, -0.25) is 9.59 Å². The molecule has 1 aliphatic rings. The number of hydrogen-bond donors (Lipinski definition) is 2. The Balaban J connectivity index is 1.42. The van der Waals surface area contributed by atoms with Gasteiger partial charge >= 0.3 is 0 Å². The van der Waals surface area contributed by atoms with Crippen molar-refractivity contribution in [2.75, 3.05) is 17.4 Å². The second-order valence-electron chi connectivity index (χ2n) is 7.07. The summed E-state index contributed by atoms with van der Waals surface area (Å²) in [6.45, 7) is 5.70. The third kappa shape index (κ3) is 3.95. The van der Waals surface area contributed by atoms with Gasteiger partial charge < -0.3 is 20.1 Å². The van der Waals surface area contributed by atoms with Crippen LogP contribution in [-0.2, 0) is 11.3 Å². The zero-order valence-corrected chi connectivity index (χ0v) is 16.9. The van der Waals surface area contributed by atoms with Crippen LogP contribution in [-0.4, -0.2) is 33.6 Å². The Kier molecular flexibility index (Phi) is 5.09. The standard InChI is InChI=1S/C21H21N5O4/c1-12-4-6-16(13(2)8-12)23-21(28)20-14(3)26(25-24-20)10-19(27)22-15-5-7-17-18(9-15)30-11-29-17/h4-9H,10-11H2,1-3H3,(H,22,27)(H,23,28). The highest BCUT2D eigenvalue weighted by Gasteiger charge is 2.19. The van der Waals surface area contributed by atoms with Crippen LogP contribution in [0.5, 0.6) is 11.5 Å². The maximum Gasteiger partial charge on any atom is 0.278 e. The molecule has 0 unspecified atom stereocenters. The quantitative estimate of drug-likeness (QED) is 0.673. The number of anilines is 2. The maximum atomic E-state index is 12.6. The van der Waals surface area contributed by atoms with E-state index in [1.807, 2.05) is 32.0 Å².